The van der Waals surface area contributed by atoms with E-state index in [9.17, 15) is 0 Å². The van der Waals surface area contributed by atoms with E-state index in [1.165, 1.54) is 18.4 Å². The second-order valence-corrected chi connectivity index (χ2v) is 6.68. The third-order valence-corrected chi connectivity index (χ3v) is 3.69. The Bertz CT molecular complexity index is 418. The number of allylic oxidation sites excluding steroid dienone is 1. The monoisotopic (exact) mass is 353 g/mol. The van der Waals surface area contributed by atoms with Crippen molar-refractivity contribution in [3.8, 4) is 5.75 Å². The number of halogens is 1. The molecule has 2 nitrogen and oxygen atoms in total. The van der Waals surface area contributed by atoms with Crippen molar-refractivity contribution in [1.82, 2.24) is 5.32 Å². The Morgan fingerprint density at radius 3 is 2.81 bits per heavy atom. The van der Waals surface area contributed by atoms with Gasteiger partial charge in [-0.3, -0.25) is 0 Å². The molecule has 0 aliphatic carbocycles. The summed E-state index contributed by atoms with van der Waals surface area (Å²) in [5, 5.41) is 3.48. The lowest BCUT2D eigenvalue weighted by Crippen LogP contribution is -2.19. The maximum atomic E-state index is 5.94. The van der Waals surface area contributed by atoms with Crippen LogP contribution < -0.4 is 10.1 Å². The SMILES string of the molecule is C=CCCCCCOc1ccc(Br)cc1CNCC(C)C. The van der Waals surface area contributed by atoms with Gasteiger partial charge >= 0.3 is 0 Å². The molecule has 0 aromatic heterocycles. The van der Waals surface area contributed by atoms with Crippen molar-refractivity contribution in [2.45, 2.75) is 46.1 Å². The number of unbranched alkanes of at least 4 members (excludes halogenated alkanes) is 3. The second-order valence-electron chi connectivity index (χ2n) is 5.76. The van der Waals surface area contributed by atoms with E-state index >= 15 is 0 Å². The van der Waals surface area contributed by atoms with Crippen molar-refractivity contribution < 1.29 is 4.74 Å². The fraction of sp³-hybridized carbons (Fsp3) is 0.556. The largest absolute Gasteiger partial charge is 0.493 e. The number of hydrogen-bond acceptors (Lipinski definition) is 2. The van der Waals surface area contributed by atoms with Crippen LogP contribution in [0.15, 0.2) is 35.3 Å². The summed E-state index contributed by atoms with van der Waals surface area (Å²) in [5.41, 5.74) is 1.22. The van der Waals surface area contributed by atoms with E-state index < -0.39 is 0 Å². The van der Waals surface area contributed by atoms with Gasteiger partial charge in [-0.05, 0) is 56.3 Å². The zero-order valence-electron chi connectivity index (χ0n) is 13.3. The summed E-state index contributed by atoms with van der Waals surface area (Å²) in [6, 6.07) is 6.24. The topological polar surface area (TPSA) is 21.3 Å². The molecule has 0 radical (unpaired) electrons. The summed E-state index contributed by atoms with van der Waals surface area (Å²) in [6.07, 6.45) is 6.58. The Kier molecular flexibility index (Phi) is 9.44. The first-order valence-electron chi connectivity index (χ1n) is 7.86. The molecular weight excluding hydrogens is 326 g/mol. The van der Waals surface area contributed by atoms with Crippen LogP contribution >= 0.6 is 15.9 Å². The van der Waals surface area contributed by atoms with Crippen LogP contribution in [0.4, 0.5) is 0 Å². The van der Waals surface area contributed by atoms with Gasteiger partial charge in [0.15, 0.2) is 0 Å². The van der Waals surface area contributed by atoms with Crippen LogP contribution in [0, 0.1) is 5.92 Å². The Hall–Kier alpha value is -0.800. The van der Waals surface area contributed by atoms with Crippen molar-refractivity contribution in [1.29, 1.82) is 0 Å². The van der Waals surface area contributed by atoms with Gasteiger partial charge in [-0.25, -0.2) is 0 Å². The number of hydrogen-bond donors (Lipinski definition) is 1. The van der Waals surface area contributed by atoms with Gasteiger partial charge < -0.3 is 10.1 Å². The van der Waals surface area contributed by atoms with E-state index in [4.69, 9.17) is 4.74 Å². The van der Waals surface area contributed by atoms with Gasteiger partial charge in [-0.15, -0.1) is 6.58 Å². The molecule has 0 saturated carbocycles. The molecule has 0 aliphatic rings. The van der Waals surface area contributed by atoms with Crippen molar-refractivity contribution in [2.75, 3.05) is 13.2 Å². The van der Waals surface area contributed by atoms with Crippen LogP contribution in [0.1, 0.15) is 45.1 Å². The second kappa shape index (κ2) is 10.9. The summed E-state index contributed by atoms with van der Waals surface area (Å²) in [7, 11) is 0. The van der Waals surface area contributed by atoms with E-state index in [1.807, 2.05) is 12.1 Å². The van der Waals surface area contributed by atoms with Crippen molar-refractivity contribution >= 4 is 15.9 Å². The zero-order valence-corrected chi connectivity index (χ0v) is 14.9. The molecule has 118 valence electrons. The first kappa shape index (κ1) is 18.2. The Morgan fingerprint density at radius 1 is 1.29 bits per heavy atom. The average Bonchev–Trinajstić information content (AvgIpc) is 2.44. The summed E-state index contributed by atoms with van der Waals surface area (Å²) in [4.78, 5) is 0. The van der Waals surface area contributed by atoms with Gasteiger partial charge in [0.2, 0.25) is 0 Å². The molecule has 0 unspecified atom stereocenters. The zero-order chi connectivity index (χ0) is 15.5. The number of ether oxygens (including phenoxy) is 1. The maximum absolute atomic E-state index is 5.94. The number of benzene rings is 1. The summed E-state index contributed by atoms with van der Waals surface area (Å²) >= 11 is 3.53. The summed E-state index contributed by atoms with van der Waals surface area (Å²) in [5.74, 6) is 1.66. The highest BCUT2D eigenvalue weighted by atomic mass is 79.9. The van der Waals surface area contributed by atoms with Gasteiger partial charge in [0.1, 0.15) is 5.75 Å². The van der Waals surface area contributed by atoms with E-state index in [-0.39, 0.29) is 0 Å². The minimum Gasteiger partial charge on any atom is -0.493 e. The van der Waals surface area contributed by atoms with Gasteiger partial charge in [-0.1, -0.05) is 35.9 Å². The quantitative estimate of drug-likeness (QED) is 0.429. The summed E-state index contributed by atoms with van der Waals surface area (Å²) in [6.45, 7) is 10.8. The van der Waals surface area contributed by atoms with Crippen LogP contribution in [-0.4, -0.2) is 13.2 Å². The highest BCUT2D eigenvalue weighted by molar-refractivity contribution is 9.10. The van der Waals surface area contributed by atoms with E-state index in [2.05, 4.69) is 53.8 Å². The predicted molar refractivity (Wildman–Crippen MR) is 94.8 cm³/mol. The molecule has 0 aliphatic heterocycles. The fourth-order valence-electron chi connectivity index (χ4n) is 2.07. The predicted octanol–water partition coefficient (Wildman–Crippen LogP) is 5.32. The van der Waals surface area contributed by atoms with Gasteiger partial charge in [0, 0.05) is 16.6 Å². The molecule has 1 aromatic rings. The molecule has 0 atom stereocenters. The highest BCUT2D eigenvalue weighted by Crippen LogP contribution is 2.23. The van der Waals surface area contributed by atoms with Crippen LogP contribution in [-0.2, 0) is 6.54 Å². The highest BCUT2D eigenvalue weighted by Gasteiger charge is 2.05. The molecule has 1 rings (SSSR count). The van der Waals surface area contributed by atoms with Gasteiger partial charge in [0.25, 0.3) is 0 Å². The Morgan fingerprint density at radius 2 is 2.10 bits per heavy atom. The smallest absolute Gasteiger partial charge is 0.123 e. The third-order valence-electron chi connectivity index (χ3n) is 3.20. The normalized spacial score (nSPS) is 10.9. The van der Waals surface area contributed by atoms with Crippen LogP contribution in [0.5, 0.6) is 5.75 Å². The summed E-state index contributed by atoms with van der Waals surface area (Å²) < 4.78 is 7.04. The van der Waals surface area contributed by atoms with Crippen LogP contribution in [0.3, 0.4) is 0 Å². The van der Waals surface area contributed by atoms with Crippen LogP contribution in [0.2, 0.25) is 0 Å². The molecule has 0 heterocycles. The van der Waals surface area contributed by atoms with Gasteiger partial charge in [-0.2, -0.15) is 0 Å². The lowest BCUT2D eigenvalue weighted by Gasteiger charge is -2.13. The molecule has 1 N–H and O–H groups in total. The maximum Gasteiger partial charge on any atom is 0.123 e. The molecule has 0 saturated heterocycles. The molecule has 3 heteroatoms. The third kappa shape index (κ3) is 8.27. The molecule has 21 heavy (non-hydrogen) atoms. The van der Waals surface area contributed by atoms with E-state index in [0.717, 1.165) is 42.8 Å². The van der Waals surface area contributed by atoms with Crippen molar-refractivity contribution in [3.05, 3.63) is 40.9 Å². The van der Waals surface area contributed by atoms with E-state index in [1.54, 1.807) is 0 Å². The van der Waals surface area contributed by atoms with Crippen molar-refractivity contribution in [3.63, 3.8) is 0 Å². The first-order chi connectivity index (χ1) is 10.1. The van der Waals surface area contributed by atoms with Crippen LogP contribution in [0.25, 0.3) is 0 Å². The molecule has 0 amide bonds. The molecule has 0 spiro atoms. The first-order valence-corrected chi connectivity index (χ1v) is 8.65. The van der Waals surface area contributed by atoms with E-state index in [0.29, 0.717) is 5.92 Å². The molecule has 1 aromatic carbocycles. The van der Waals surface area contributed by atoms with Gasteiger partial charge in [0.05, 0.1) is 6.61 Å². The molecule has 0 bridgehead atoms. The molecular formula is C18H28BrNO. The Balaban J connectivity index is 2.42. The Labute approximate surface area is 138 Å². The number of nitrogens with one attached hydrogen (secondary N) is 1. The molecule has 0 fully saturated rings. The van der Waals surface area contributed by atoms with Crippen molar-refractivity contribution in [2.24, 2.45) is 5.92 Å². The lowest BCUT2D eigenvalue weighted by molar-refractivity contribution is 0.301. The standard InChI is InChI=1S/C18H28BrNO/c1-4-5-6-7-8-11-21-18-10-9-17(19)12-16(18)14-20-13-15(2)3/h4,9-10,12,15,20H,1,5-8,11,13-14H2,2-3H3. The lowest BCUT2D eigenvalue weighted by atomic mass is 10.1. The minimum atomic E-state index is 0.659. The average molecular weight is 354 g/mol. The number of rotatable bonds is 11. The minimum absolute atomic E-state index is 0.659. The fourth-order valence-corrected chi connectivity index (χ4v) is 2.48.